The SMILES string of the molecule is CCC(N)(CC)CP(=O)(O)O. The summed E-state index contributed by atoms with van der Waals surface area (Å²) in [7, 11) is -3.95. The lowest BCUT2D eigenvalue weighted by Gasteiger charge is -2.26. The summed E-state index contributed by atoms with van der Waals surface area (Å²) in [6.07, 6.45) is 0.968. The molecule has 0 fully saturated rings. The molecule has 68 valence electrons. The van der Waals surface area contributed by atoms with Gasteiger partial charge in [0.15, 0.2) is 0 Å². The standard InChI is InChI=1S/C6H16NO3P/c1-3-6(7,4-2)5-11(8,9)10/h3-5,7H2,1-2H3,(H2,8,9,10). The monoisotopic (exact) mass is 181 g/mol. The fourth-order valence-electron chi connectivity index (χ4n) is 0.884. The van der Waals surface area contributed by atoms with Crippen LogP contribution in [-0.4, -0.2) is 21.5 Å². The van der Waals surface area contributed by atoms with E-state index in [1.54, 1.807) is 0 Å². The molecule has 0 aromatic rings. The van der Waals surface area contributed by atoms with Crippen LogP contribution in [0.3, 0.4) is 0 Å². The second-order valence-corrected chi connectivity index (χ2v) is 4.54. The molecule has 0 amide bonds. The fraction of sp³-hybridized carbons (Fsp3) is 1.00. The first-order valence-corrected chi connectivity index (χ1v) is 5.46. The Balaban J connectivity index is 4.20. The van der Waals surface area contributed by atoms with Gasteiger partial charge in [-0.15, -0.1) is 0 Å². The summed E-state index contributed by atoms with van der Waals surface area (Å²) in [6, 6.07) is 0. The first kappa shape index (κ1) is 11.1. The Labute approximate surface area is 67.0 Å². The third kappa shape index (κ3) is 4.53. The summed E-state index contributed by atoms with van der Waals surface area (Å²) in [5.41, 5.74) is 5.00. The topological polar surface area (TPSA) is 83.6 Å². The Hall–Kier alpha value is 0.110. The number of nitrogens with two attached hydrogens (primary N) is 1. The summed E-state index contributed by atoms with van der Waals surface area (Å²) in [6.45, 7) is 3.66. The van der Waals surface area contributed by atoms with Crippen LogP contribution >= 0.6 is 7.60 Å². The van der Waals surface area contributed by atoms with Crippen LogP contribution in [0.5, 0.6) is 0 Å². The van der Waals surface area contributed by atoms with E-state index in [4.69, 9.17) is 15.5 Å². The molecule has 5 heteroatoms. The molecule has 0 aliphatic rings. The molecule has 0 aliphatic heterocycles. The van der Waals surface area contributed by atoms with Crippen molar-refractivity contribution in [3.8, 4) is 0 Å². The van der Waals surface area contributed by atoms with Crippen molar-refractivity contribution < 1.29 is 14.4 Å². The Morgan fingerprint density at radius 1 is 1.36 bits per heavy atom. The van der Waals surface area contributed by atoms with Crippen LogP contribution in [-0.2, 0) is 4.57 Å². The van der Waals surface area contributed by atoms with Crippen molar-refractivity contribution in [1.29, 1.82) is 0 Å². The predicted molar refractivity (Wildman–Crippen MR) is 44.4 cm³/mol. The molecule has 0 rings (SSSR count). The Kier molecular flexibility index (Phi) is 3.71. The van der Waals surface area contributed by atoms with E-state index in [1.807, 2.05) is 13.8 Å². The third-order valence-corrected chi connectivity index (χ3v) is 2.97. The van der Waals surface area contributed by atoms with Crippen molar-refractivity contribution in [2.45, 2.75) is 32.2 Å². The Morgan fingerprint density at radius 3 is 1.82 bits per heavy atom. The van der Waals surface area contributed by atoms with E-state index in [0.717, 1.165) is 0 Å². The van der Waals surface area contributed by atoms with Gasteiger partial charge in [-0.25, -0.2) is 0 Å². The minimum atomic E-state index is -3.95. The highest BCUT2D eigenvalue weighted by Gasteiger charge is 2.29. The van der Waals surface area contributed by atoms with Crippen LogP contribution in [0.15, 0.2) is 0 Å². The van der Waals surface area contributed by atoms with Crippen molar-refractivity contribution in [3.63, 3.8) is 0 Å². The lowest BCUT2D eigenvalue weighted by Crippen LogP contribution is -2.42. The molecule has 0 heterocycles. The van der Waals surface area contributed by atoms with Gasteiger partial charge in [-0.1, -0.05) is 13.8 Å². The molecule has 0 bridgehead atoms. The highest BCUT2D eigenvalue weighted by Crippen LogP contribution is 2.39. The highest BCUT2D eigenvalue weighted by molar-refractivity contribution is 7.51. The average Bonchev–Trinajstić information content (AvgIpc) is 1.84. The summed E-state index contributed by atoms with van der Waals surface area (Å²) in [5.74, 6) is 0. The highest BCUT2D eigenvalue weighted by atomic mass is 31.2. The lowest BCUT2D eigenvalue weighted by molar-refractivity contribution is 0.341. The average molecular weight is 181 g/mol. The number of hydrogen-bond acceptors (Lipinski definition) is 2. The second kappa shape index (κ2) is 3.68. The van der Waals surface area contributed by atoms with E-state index in [-0.39, 0.29) is 6.16 Å². The van der Waals surface area contributed by atoms with E-state index in [2.05, 4.69) is 0 Å². The van der Waals surface area contributed by atoms with Crippen molar-refractivity contribution >= 4 is 7.60 Å². The van der Waals surface area contributed by atoms with E-state index in [0.29, 0.717) is 12.8 Å². The maximum Gasteiger partial charge on any atom is 0.327 e. The van der Waals surface area contributed by atoms with Crippen molar-refractivity contribution in [1.82, 2.24) is 0 Å². The van der Waals surface area contributed by atoms with Gasteiger partial charge >= 0.3 is 7.60 Å². The van der Waals surface area contributed by atoms with Gasteiger partial charge in [-0.05, 0) is 12.8 Å². The minimum absolute atomic E-state index is 0.215. The van der Waals surface area contributed by atoms with E-state index in [1.165, 1.54) is 0 Å². The molecule has 0 aromatic carbocycles. The Morgan fingerprint density at radius 2 is 1.73 bits per heavy atom. The quantitative estimate of drug-likeness (QED) is 0.557. The van der Waals surface area contributed by atoms with Crippen LogP contribution in [0.1, 0.15) is 26.7 Å². The predicted octanol–water partition coefficient (Wildman–Crippen LogP) is 0.682. The first-order chi connectivity index (χ1) is 4.83. The van der Waals surface area contributed by atoms with Gasteiger partial charge in [-0.2, -0.15) is 0 Å². The third-order valence-electron chi connectivity index (χ3n) is 1.93. The molecule has 4 N–H and O–H groups in total. The first-order valence-electron chi connectivity index (χ1n) is 3.66. The van der Waals surface area contributed by atoms with Gasteiger partial charge in [-0.3, -0.25) is 4.57 Å². The molecule has 0 saturated carbocycles. The number of rotatable bonds is 4. The zero-order chi connectivity index (χ0) is 9.12. The van der Waals surface area contributed by atoms with Crippen LogP contribution in [0.4, 0.5) is 0 Å². The molecular formula is C6H16NO3P. The Bertz CT molecular complexity index is 161. The largest absolute Gasteiger partial charge is 0.327 e. The fourth-order valence-corrected chi connectivity index (χ4v) is 2.15. The summed E-state index contributed by atoms with van der Waals surface area (Å²) in [4.78, 5) is 17.3. The van der Waals surface area contributed by atoms with Crippen LogP contribution in [0.2, 0.25) is 0 Å². The summed E-state index contributed by atoms with van der Waals surface area (Å²) >= 11 is 0. The van der Waals surface area contributed by atoms with E-state index < -0.39 is 13.1 Å². The zero-order valence-electron chi connectivity index (χ0n) is 6.95. The summed E-state index contributed by atoms with van der Waals surface area (Å²) < 4.78 is 10.6. The molecule has 0 unspecified atom stereocenters. The molecule has 0 aromatic heterocycles. The second-order valence-electron chi connectivity index (χ2n) is 2.89. The van der Waals surface area contributed by atoms with Crippen LogP contribution in [0, 0.1) is 0 Å². The van der Waals surface area contributed by atoms with E-state index >= 15 is 0 Å². The van der Waals surface area contributed by atoms with Crippen molar-refractivity contribution in [3.05, 3.63) is 0 Å². The van der Waals surface area contributed by atoms with Gasteiger partial charge < -0.3 is 15.5 Å². The van der Waals surface area contributed by atoms with Gasteiger partial charge in [0.25, 0.3) is 0 Å². The van der Waals surface area contributed by atoms with E-state index in [9.17, 15) is 4.57 Å². The number of hydrogen-bond donors (Lipinski definition) is 3. The normalized spacial score (nSPS) is 13.5. The lowest BCUT2D eigenvalue weighted by atomic mass is 9.97. The summed E-state index contributed by atoms with van der Waals surface area (Å²) in [5, 5.41) is 0. The minimum Gasteiger partial charge on any atom is -0.325 e. The van der Waals surface area contributed by atoms with Gasteiger partial charge in [0.2, 0.25) is 0 Å². The smallest absolute Gasteiger partial charge is 0.325 e. The molecule has 0 saturated heterocycles. The molecule has 0 radical (unpaired) electrons. The van der Waals surface area contributed by atoms with Crippen molar-refractivity contribution in [2.24, 2.45) is 5.73 Å². The van der Waals surface area contributed by atoms with Crippen molar-refractivity contribution in [2.75, 3.05) is 6.16 Å². The molecule has 0 spiro atoms. The molecular weight excluding hydrogens is 165 g/mol. The van der Waals surface area contributed by atoms with Gasteiger partial charge in [0.1, 0.15) is 0 Å². The maximum absolute atomic E-state index is 10.6. The van der Waals surface area contributed by atoms with Gasteiger partial charge in [0, 0.05) is 5.54 Å². The zero-order valence-corrected chi connectivity index (χ0v) is 7.84. The molecule has 11 heavy (non-hydrogen) atoms. The molecule has 0 atom stereocenters. The van der Waals surface area contributed by atoms with Gasteiger partial charge in [0.05, 0.1) is 6.16 Å². The maximum atomic E-state index is 10.6. The van der Waals surface area contributed by atoms with Crippen LogP contribution in [0.25, 0.3) is 0 Å². The van der Waals surface area contributed by atoms with Crippen LogP contribution < -0.4 is 5.73 Å². The molecule has 0 aliphatic carbocycles. The molecule has 4 nitrogen and oxygen atoms in total.